The van der Waals surface area contributed by atoms with Crippen LogP contribution in [0.25, 0.3) is 0 Å². The molecule has 0 saturated carbocycles. The van der Waals surface area contributed by atoms with Gasteiger partial charge in [-0.25, -0.2) is 8.78 Å². The van der Waals surface area contributed by atoms with Gasteiger partial charge in [-0.2, -0.15) is 0 Å². The Bertz CT molecular complexity index is 829. The number of hydrogen-bond acceptors (Lipinski definition) is 3. The first kappa shape index (κ1) is 18.0. The van der Waals surface area contributed by atoms with E-state index >= 15 is 0 Å². The Morgan fingerprint density at radius 1 is 1.04 bits per heavy atom. The molecule has 1 aromatic carbocycles. The lowest BCUT2D eigenvalue weighted by Crippen LogP contribution is -2.49. The van der Waals surface area contributed by atoms with Crippen molar-refractivity contribution in [2.45, 2.75) is 32.4 Å². The van der Waals surface area contributed by atoms with E-state index in [4.69, 9.17) is 0 Å². The molecular weight excluding hydrogens is 348 g/mol. The van der Waals surface area contributed by atoms with Crippen LogP contribution < -0.4 is 0 Å². The summed E-state index contributed by atoms with van der Waals surface area (Å²) in [7, 11) is 0. The molecule has 142 valence electrons. The summed E-state index contributed by atoms with van der Waals surface area (Å²) in [4.78, 5) is 21.6. The highest BCUT2D eigenvalue weighted by molar-refractivity contribution is 5.84. The quantitative estimate of drug-likeness (QED) is 0.827. The van der Waals surface area contributed by atoms with Crippen molar-refractivity contribution in [3.05, 3.63) is 65.5 Å². The molecule has 2 aliphatic rings. The van der Waals surface area contributed by atoms with Crippen LogP contribution >= 0.6 is 0 Å². The largest absolute Gasteiger partial charge is 0.338 e. The summed E-state index contributed by atoms with van der Waals surface area (Å²) in [6.07, 6.45) is 4.33. The van der Waals surface area contributed by atoms with Gasteiger partial charge in [0.05, 0.1) is 11.1 Å². The Morgan fingerprint density at radius 3 is 2.74 bits per heavy atom. The van der Waals surface area contributed by atoms with Gasteiger partial charge >= 0.3 is 0 Å². The Kier molecular flexibility index (Phi) is 4.91. The number of carbonyl (C=O) groups is 1. The molecular formula is C21H23F2N3O. The molecule has 1 aromatic heterocycles. The van der Waals surface area contributed by atoms with Gasteiger partial charge < -0.3 is 4.90 Å². The van der Waals surface area contributed by atoms with Gasteiger partial charge in [0, 0.05) is 37.9 Å². The number of piperidine rings is 1. The third kappa shape index (κ3) is 3.58. The van der Waals surface area contributed by atoms with Gasteiger partial charge in [0.15, 0.2) is 11.6 Å². The van der Waals surface area contributed by atoms with Crippen LogP contribution in [0.15, 0.2) is 42.6 Å². The van der Waals surface area contributed by atoms with Crippen molar-refractivity contribution in [2.24, 2.45) is 5.41 Å². The standard InChI is InChI=1S/C21H23F2N3O/c22-18-7-3-5-16(19(18)23)13-26-11-4-8-21(20(26)27)9-12-25(15-21)14-17-6-1-2-10-24-17/h1-3,5-7,10H,4,8-9,11-15H2. The van der Waals surface area contributed by atoms with Crippen molar-refractivity contribution in [1.29, 1.82) is 0 Å². The van der Waals surface area contributed by atoms with Crippen LogP contribution in [-0.4, -0.2) is 40.3 Å². The highest BCUT2D eigenvalue weighted by Gasteiger charge is 2.48. The monoisotopic (exact) mass is 371 g/mol. The molecule has 3 heterocycles. The van der Waals surface area contributed by atoms with E-state index in [9.17, 15) is 13.6 Å². The van der Waals surface area contributed by atoms with Crippen LogP contribution in [0.3, 0.4) is 0 Å². The Morgan fingerprint density at radius 2 is 1.93 bits per heavy atom. The first-order chi connectivity index (χ1) is 13.1. The second-order valence-electron chi connectivity index (χ2n) is 7.61. The van der Waals surface area contributed by atoms with Gasteiger partial charge in [-0.1, -0.05) is 18.2 Å². The number of pyridine rings is 1. The van der Waals surface area contributed by atoms with Gasteiger partial charge in [-0.3, -0.25) is 14.7 Å². The molecule has 27 heavy (non-hydrogen) atoms. The molecule has 2 fully saturated rings. The second-order valence-corrected chi connectivity index (χ2v) is 7.61. The van der Waals surface area contributed by atoms with Gasteiger partial charge in [-0.15, -0.1) is 0 Å². The lowest BCUT2D eigenvalue weighted by molar-refractivity contribution is -0.146. The zero-order valence-electron chi connectivity index (χ0n) is 15.2. The predicted molar refractivity (Wildman–Crippen MR) is 97.6 cm³/mol. The first-order valence-electron chi connectivity index (χ1n) is 9.42. The van der Waals surface area contributed by atoms with Crippen molar-refractivity contribution in [3.63, 3.8) is 0 Å². The number of hydrogen-bond donors (Lipinski definition) is 0. The van der Waals surface area contributed by atoms with Crippen LogP contribution in [0, 0.1) is 17.0 Å². The maximum absolute atomic E-state index is 14.0. The van der Waals surface area contributed by atoms with E-state index in [0.29, 0.717) is 13.1 Å². The Labute approximate surface area is 157 Å². The zero-order chi connectivity index (χ0) is 18.9. The topological polar surface area (TPSA) is 36.4 Å². The molecule has 0 radical (unpaired) electrons. The molecule has 0 bridgehead atoms. The summed E-state index contributed by atoms with van der Waals surface area (Å²) in [5.74, 6) is -1.65. The summed E-state index contributed by atoms with van der Waals surface area (Å²) < 4.78 is 27.5. The van der Waals surface area contributed by atoms with E-state index < -0.39 is 17.0 Å². The molecule has 2 saturated heterocycles. The number of aromatic nitrogens is 1. The molecule has 1 unspecified atom stereocenters. The van der Waals surface area contributed by atoms with Crippen LogP contribution in [0.1, 0.15) is 30.5 Å². The molecule has 1 atom stereocenters. The minimum atomic E-state index is -0.867. The van der Waals surface area contributed by atoms with Crippen molar-refractivity contribution in [1.82, 2.24) is 14.8 Å². The fourth-order valence-electron chi connectivity index (χ4n) is 4.37. The van der Waals surface area contributed by atoms with Crippen molar-refractivity contribution in [2.75, 3.05) is 19.6 Å². The number of carbonyl (C=O) groups excluding carboxylic acids is 1. The van der Waals surface area contributed by atoms with Crippen LogP contribution in [0.2, 0.25) is 0 Å². The molecule has 4 nitrogen and oxygen atoms in total. The maximum atomic E-state index is 14.0. The van der Waals surface area contributed by atoms with Gasteiger partial charge in [0.25, 0.3) is 0 Å². The Balaban J connectivity index is 1.46. The minimum absolute atomic E-state index is 0.0703. The summed E-state index contributed by atoms with van der Waals surface area (Å²) >= 11 is 0. The van der Waals surface area contributed by atoms with Crippen LogP contribution in [-0.2, 0) is 17.9 Å². The molecule has 0 aliphatic carbocycles. The highest BCUT2D eigenvalue weighted by atomic mass is 19.2. The number of nitrogens with zero attached hydrogens (tertiary/aromatic N) is 3. The van der Waals surface area contributed by atoms with Gasteiger partial charge in [0.1, 0.15) is 0 Å². The number of benzene rings is 1. The third-order valence-corrected chi connectivity index (χ3v) is 5.76. The number of halogens is 2. The number of amides is 1. The predicted octanol–water partition coefficient (Wildman–Crippen LogP) is 3.37. The van der Waals surface area contributed by atoms with Crippen LogP contribution in [0.5, 0.6) is 0 Å². The molecule has 1 amide bonds. The van der Waals surface area contributed by atoms with E-state index in [1.165, 1.54) is 6.07 Å². The molecule has 0 N–H and O–H groups in total. The van der Waals surface area contributed by atoms with Gasteiger partial charge in [-0.05, 0) is 44.0 Å². The lowest BCUT2D eigenvalue weighted by Gasteiger charge is -2.39. The highest BCUT2D eigenvalue weighted by Crippen LogP contribution is 2.41. The van der Waals surface area contributed by atoms with E-state index in [0.717, 1.165) is 44.1 Å². The summed E-state index contributed by atoms with van der Waals surface area (Å²) in [6, 6.07) is 9.99. The molecule has 2 aromatic rings. The Hall–Kier alpha value is -2.34. The molecule has 2 aliphatic heterocycles. The van der Waals surface area contributed by atoms with E-state index in [1.807, 2.05) is 18.2 Å². The fourth-order valence-corrected chi connectivity index (χ4v) is 4.37. The fraction of sp³-hybridized carbons (Fsp3) is 0.429. The summed E-state index contributed by atoms with van der Waals surface area (Å²) in [6.45, 7) is 3.00. The van der Waals surface area contributed by atoms with Crippen molar-refractivity contribution < 1.29 is 13.6 Å². The number of rotatable bonds is 4. The lowest BCUT2D eigenvalue weighted by atomic mass is 9.78. The first-order valence-corrected chi connectivity index (χ1v) is 9.42. The molecule has 6 heteroatoms. The normalized spacial score (nSPS) is 23.3. The van der Waals surface area contributed by atoms with E-state index in [2.05, 4.69) is 9.88 Å². The number of likely N-dealkylation sites (tertiary alicyclic amines) is 2. The average molecular weight is 371 g/mol. The van der Waals surface area contributed by atoms with Crippen molar-refractivity contribution in [3.8, 4) is 0 Å². The van der Waals surface area contributed by atoms with E-state index in [-0.39, 0.29) is 18.0 Å². The third-order valence-electron chi connectivity index (χ3n) is 5.76. The van der Waals surface area contributed by atoms with Crippen LogP contribution in [0.4, 0.5) is 8.78 Å². The minimum Gasteiger partial charge on any atom is -0.338 e. The average Bonchev–Trinajstić information content (AvgIpc) is 3.07. The maximum Gasteiger partial charge on any atom is 0.230 e. The van der Waals surface area contributed by atoms with E-state index in [1.54, 1.807) is 17.2 Å². The second kappa shape index (κ2) is 7.35. The van der Waals surface area contributed by atoms with Gasteiger partial charge in [0.2, 0.25) is 5.91 Å². The molecule has 4 rings (SSSR count). The SMILES string of the molecule is O=C1N(Cc2cccc(F)c2F)CCCC12CCN(Cc1ccccn1)C2. The zero-order valence-corrected chi connectivity index (χ0v) is 15.2. The summed E-state index contributed by atoms with van der Waals surface area (Å²) in [5.41, 5.74) is 0.830. The smallest absolute Gasteiger partial charge is 0.230 e. The van der Waals surface area contributed by atoms with Crippen molar-refractivity contribution >= 4 is 5.91 Å². The summed E-state index contributed by atoms with van der Waals surface area (Å²) in [5, 5.41) is 0. The molecule has 1 spiro atoms.